The molecule has 0 amide bonds. The van der Waals surface area contributed by atoms with Crippen molar-refractivity contribution in [1.29, 1.82) is 0 Å². The zero-order valence-electron chi connectivity index (χ0n) is 9.51. The van der Waals surface area contributed by atoms with Crippen LogP contribution in [-0.2, 0) is 11.3 Å². The Morgan fingerprint density at radius 3 is 2.75 bits per heavy atom. The smallest absolute Gasteiger partial charge is 0.336 e. The molecular weight excluding hydrogens is 226 g/mol. The first kappa shape index (κ1) is 13.2. The van der Waals surface area contributed by atoms with Crippen LogP contribution in [0.15, 0.2) is 17.5 Å². The van der Waals surface area contributed by atoms with Gasteiger partial charge in [-0.05, 0) is 24.9 Å². The van der Waals surface area contributed by atoms with E-state index < -0.39 is 11.6 Å². The minimum atomic E-state index is -1.69. The summed E-state index contributed by atoms with van der Waals surface area (Å²) in [6.45, 7) is 4.80. The van der Waals surface area contributed by atoms with E-state index >= 15 is 0 Å². The monoisotopic (exact) mass is 243 g/mol. The second kappa shape index (κ2) is 5.43. The fourth-order valence-electron chi connectivity index (χ4n) is 1.41. The maximum atomic E-state index is 10.8. The van der Waals surface area contributed by atoms with Gasteiger partial charge in [0.1, 0.15) is 0 Å². The van der Waals surface area contributed by atoms with Gasteiger partial charge in [0.15, 0.2) is 5.60 Å². The molecule has 4 nitrogen and oxygen atoms in total. The van der Waals surface area contributed by atoms with Crippen LogP contribution in [0.3, 0.4) is 0 Å². The second-order valence-electron chi connectivity index (χ2n) is 3.96. The maximum absolute atomic E-state index is 10.8. The van der Waals surface area contributed by atoms with Crippen LogP contribution < -0.4 is 0 Å². The first-order valence-electron chi connectivity index (χ1n) is 5.16. The van der Waals surface area contributed by atoms with E-state index in [-0.39, 0.29) is 6.54 Å². The summed E-state index contributed by atoms with van der Waals surface area (Å²) in [6, 6.07) is 3.96. The number of hydrogen-bond donors (Lipinski definition) is 2. The maximum Gasteiger partial charge on any atom is 0.336 e. The molecule has 1 aromatic heterocycles. The standard InChI is InChI=1S/C11H17NO3S/c1-3-12(7-9-5-4-6-16-9)8-11(2,15)10(13)14/h4-6,15H,3,7-8H2,1-2H3,(H,13,14). The molecule has 1 rings (SSSR count). The van der Waals surface area contributed by atoms with Crippen LogP contribution in [0.2, 0.25) is 0 Å². The van der Waals surface area contributed by atoms with Crippen LogP contribution in [0.5, 0.6) is 0 Å². The van der Waals surface area contributed by atoms with Gasteiger partial charge in [0.25, 0.3) is 0 Å². The second-order valence-corrected chi connectivity index (χ2v) is 4.99. The molecular formula is C11H17NO3S. The molecule has 1 atom stereocenters. The van der Waals surface area contributed by atoms with Crippen LogP contribution in [0, 0.1) is 0 Å². The largest absolute Gasteiger partial charge is 0.479 e. The van der Waals surface area contributed by atoms with E-state index in [1.807, 2.05) is 29.3 Å². The third-order valence-electron chi connectivity index (χ3n) is 2.40. The van der Waals surface area contributed by atoms with Crippen molar-refractivity contribution in [3.63, 3.8) is 0 Å². The van der Waals surface area contributed by atoms with Crippen LogP contribution in [-0.4, -0.2) is 39.8 Å². The molecule has 0 saturated heterocycles. The molecule has 5 heteroatoms. The van der Waals surface area contributed by atoms with Crippen molar-refractivity contribution < 1.29 is 15.0 Å². The summed E-state index contributed by atoms with van der Waals surface area (Å²) in [4.78, 5) is 13.9. The van der Waals surface area contributed by atoms with Gasteiger partial charge in [-0.1, -0.05) is 13.0 Å². The average Bonchev–Trinajstić information content (AvgIpc) is 2.68. The first-order valence-corrected chi connectivity index (χ1v) is 6.04. The minimum Gasteiger partial charge on any atom is -0.479 e. The summed E-state index contributed by atoms with van der Waals surface area (Å²) in [5, 5.41) is 20.5. The minimum absolute atomic E-state index is 0.136. The van der Waals surface area contributed by atoms with Gasteiger partial charge in [-0.3, -0.25) is 4.90 Å². The quantitative estimate of drug-likeness (QED) is 0.793. The van der Waals surface area contributed by atoms with Crippen molar-refractivity contribution in [2.75, 3.05) is 13.1 Å². The third kappa shape index (κ3) is 3.59. The highest BCUT2D eigenvalue weighted by molar-refractivity contribution is 7.09. The van der Waals surface area contributed by atoms with E-state index in [0.29, 0.717) is 13.1 Å². The Kier molecular flexibility index (Phi) is 4.46. The molecule has 0 saturated carbocycles. The third-order valence-corrected chi connectivity index (χ3v) is 3.26. The van der Waals surface area contributed by atoms with E-state index in [4.69, 9.17) is 5.11 Å². The molecule has 0 fully saturated rings. The molecule has 0 aliphatic carbocycles. The van der Waals surface area contributed by atoms with E-state index in [0.717, 1.165) is 0 Å². The van der Waals surface area contributed by atoms with Gasteiger partial charge in [-0.2, -0.15) is 0 Å². The van der Waals surface area contributed by atoms with Gasteiger partial charge in [0, 0.05) is 18.0 Å². The number of aliphatic hydroxyl groups is 1. The lowest BCUT2D eigenvalue weighted by molar-refractivity contribution is -0.158. The number of nitrogens with zero attached hydrogens (tertiary/aromatic N) is 1. The summed E-state index contributed by atoms with van der Waals surface area (Å²) >= 11 is 1.63. The Morgan fingerprint density at radius 2 is 2.31 bits per heavy atom. The lowest BCUT2D eigenvalue weighted by atomic mass is 10.1. The molecule has 1 heterocycles. The SMILES string of the molecule is CCN(Cc1cccs1)CC(C)(O)C(=O)O. The van der Waals surface area contributed by atoms with Gasteiger partial charge in [0.2, 0.25) is 0 Å². The van der Waals surface area contributed by atoms with Crippen LogP contribution in [0.25, 0.3) is 0 Å². The molecule has 0 aromatic carbocycles. The molecule has 0 spiro atoms. The molecule has 1 aromatic rings. The lowest BCUT2D eigenvalue weighted by Gasteiger charge is -2.27. The number of hydrogen-bond acceptors (Lipinski definition) is 4. The molecule has 0 bridgehead atoms. The molecule has 90 valence electrons. The van der Waals surface area contributed by atoms with E-state index in [1.54, 1.807) is 11.3 Å². The number of rotatable bonds is 6. The number of carbonyl (C=O) groups is 1. The van der Waals surface area contributed by atoms with E-state index in [2.05, 4.69) is 0 Å². The van der Waals surface area contributed by atoms with Crippen molar-refractivity contribution in [3.05, 3.63) is 22.4 Å². The number of thiophene rings is 1. The highest BCUT2D eigenvalue weighted by atomic mass is 32.1. The zero-order valence-corrected chi connectivity index (χ0v) is 10.3. The van der Waals surface area contributed by atoms with Crippen molar-refractivity contribution >= 4 is 17.3 Å². The number of carboxylic acids is 1. The highest BCUT2D eigenvalue weighted by Crippen LogP contribution is 2.14. The fraction of sp³-hybridized carbons (Fsp3) is 0.545. The Hall–Kier alpha value is -0.910. The van der Waals surface area contributed by atoms with Gasteiger partial charge in [-0.15, -0.1) is 11.3 Å². The van der Waals surface area contributed by atoms with Gasteiger partial charge < -0.3 is 10.2 Å². The number of carboxylic acid groups (broad SMARTS) is 1. The van der Waals surface area contributed by atoms with Crippen molar-refractivity contribution in [3.8, 4) is 0 Å². The normalized spacial score (nSPS) is 15.0. The van der Waals surface area contributed by atoms with Crippen molar-refractivity contribution in [1.82, 2.24) is 4.90 Å². The molecule has 16 heavy (non-hydrogen) atoms. The summed E-state index contributed by atoms with van der Waals surface area (Å²) in [5.41, 5.74) is -1.69. The van der Waals surface area contributed by atoms with Crippen LogP contribution in [0.1, 0.15) is 18.7 Å². The molecule has 0 radical (unpaired) electrons. The topological polar surface area (TPSA) is 60.8 Å². The van der Waals surface area contributed by atoms with Crippen LogP contribution >= 0.6 is 11.3 Å². The van der Waals surface area contributed by atoms with Crippen molar-refractivity contribution in [2.45, 2.75) is 26.0 Å². The van der Waals surface area contributed by atoms with Crippen LogP contribution in [0.4, 0.5) is 0 Å². The summed E-state index contributed by atoms with van der Waals surface area (Å²) < 4.78 is 0. The fourth-order valence-corrected chi connectivity index (χ4v) is 2.15. The Labute approximate surface area is 99.1 Å². The molecule has 0 aliphatic rings. The lowest BCUT2D eigenvalue weighted by Crippen LogP contribution is -2.46. The zero-order chi connectivity index (χ0) is 12.2. The number of aliphatic carboxylic acids is 1. The average molecular weight is 243 g/mol. The molecule has 1 unspecified atom stereocenters. The van der Waals surface area contributed by atoms with Gasteiger partial charge >= 0.3 is 5.97 Å². The first-order chi connectivity index (χ1) is 7.45. The predicted molar refractivity (Wildman–Crippen MR) is 63.5 cm³/mol. The Morgan fingerprint density at radius 1 is 1.62 bits per heavy atom. The van der Waals surface area contributed by atoms with Gasteiger partial charge in [0.05, 0.1) is 0 Å². The van der Waals surface area contributed by atoms with E-state index in [1.165, 1.54) is 11.8 Å². The molecule has 0 aliphatic heterocycles. The number of likely N-dealkylation sites (N-methyl/N-ethyl adjacent to an activating group) is 1. The van der Waals surface area contributed by atoms with Crippen molar-refractivity contribution in [2.24, 2.45) is 0 Å². The molecule has 2 N–H and O–H groups in total. The van der Waals surface area contributed by atoms with E-state index in [9.17, 15) is 9.90 Å². The van der Waals surface area contributed by atoms with Gasteiger partial charge in [-0.25, -0.2) is 4.79 Å². The Balaban J connectivity index is 2.59. The summed E-state index contributed by atoms with van der Waals surface area (Å²) in [7, 11) is 0. The summed E-state index contributed by atoms with van der Waals surface area (Å²) in [6.07, 6.45) is 0. The highest BCUT2D eigenvalue weighted by Gasteiger charge is 2.31. The predicted octanol–water partition coefficient (Wildman–Crippen LogP) is 1.41. The Bertz CT molecular complexity index is 335. The summed E-state index contributed by atoms with van der Waals surface area (Å²) in [5.74, 6) is -1.18.